The van der Waals surface area contributed by atoms with Crippen LogP contribution in [-0.2, 0) is 24.9 Å². The zero-order valence-corrected chi connectivity index (χ0v) is 25.5. The summed E-state index contributed by atoms with van der Waals surface area (Å²) < 4.78 is 0. The summed E-state index contributed by atoms with van der Waals surface area (Å²) >= 11 is 0. The van der Waals surface area contributed by atoms with Crippen LogP contribution < -0.4 is 10.6 Å². The first-order valence-corrected chi connectivity index (χ1v) is 13.2. The molecular formula is C27H40N7O7Tc-. The summed E-state index contributed by atoms with van der Waals surface area (Å²) in [5.41, 5.74) is 8.41. The summed E-state index contributed by atoms with van der Waals surface area (Å²) in [6.45, 7) is 0.449. The first-order valence-electron chi connectivity index (χ1n) is 13.2. The van der Waals surface area contributed by atoms with Gasteiger partial charge in [0, 0.05) is 57.2 Å². The van der Waals surface area contributed by atoms with Crippen molar-refractivity contribution in [3.8, 4) is 0 Å². The van der Waals surface area contributed by atoms with Crippen molar-refractivity contribution in [1.29, 1.82) is 0 Å². The molecule has 0 aliphatic heterocycles. The normalized spacial score (nSPS) is 10.7. The number of unbranched alkanes of at least 4 members (excludes halogenated alkanes) is 2. The van der Waals surface area contributed by atoms with Gasteiger partial charge in [-0.2, -0.15) is 0 Å². The molecule has 0 spiro atoms. The number of nitrogens with one attached hydrogen (secondary N) is 2. The average Bonchev–Trinajstić information content (AvgIpc) is 3.00. The molecule has 0 saturated heterocycles. The number of carbonyl (C=O) groups is 3. The van der Waals surface area contributed by atoms with E-state index >= 15 is 0 Å². The third-order valence-corrected chi connectivity index (χ3v) is 6.06. The summed E-state index contributed by atoms with van der Waals surface area (Å²) in [4.78, 5) is 44.1. The molecule has 1 radical (unpaired) electrons. The SMILES string of the molecule is CN(CCCCCC(=O)c1cccnc1)CCCNC(=O)c1ccc(N=[N-])nc1.O=C(O)CNC(CO)(CO)CO.[Tc]. The maximum Gasteiger partial charge on any atom is 0.317 e. The van der Waals surface area contributed by atoms with Crippen molar-refractivity contribution in [2.75, 3.05) is 53.0 Å². The number of ketones is 1. The quantitative estimate of drug-likeness (QED) is 0.0702. The van der Waals surface area contributed by atoms with Gasteiger partial charge in [-0.1, -0.05) is 6.42 Å². The second-order valence-corrected chi connectivity index (χ2v) is 9.40. The second kappa shape index (κ2) is 22.5. The molecule has 1 amide bonds. The molecule has 2 aromatic heterocycles. The number of amides is 1. The van der Waals surface area contributed by atoms with Crippen molar-refractivity contribution in [2.45, 2.75) is 37.6 Å². The van der Waals surface area contributed by atoms with Gasteiger partial charge in [0.05, 0.1) is 37.5 Å². The monoisotopic (exact) mass is 671 g/mol. The molecule has 0 atom stereocenters. The largest absolute Gasteiger partial charge is 0.705 e. The Morgan fingerprint density at radius 1 is 0.976 bits per heavy atom. The number of hydrogen-bond acceptors (Lipinski definition) is 11. The van der Waals surface area contributed by atoms with Crippen LogP contribution >= 0.6 is 0 Å². The van der Waals surface area contributed by atoms with Gasteiger partial charge in [-0.3, -0.25) is 24.7 Å². The number of pyridine rings is 2. The molecule has 0 aromatic carbocycles. The van der Waals surface area contributed by atoms with Crippen molar-refractivity contribution in [1.82, 2.24) is 25.5 Å². The van der Waals surface area contributed by atoms with Gasteiger partial charge in [0.25, 0.3) is 5.91 Å². The zero-order valence-electron chi connectivity index (χ0n) is 23.7. The van der Waals surface area contributed by atoms with E-state index < -0.39 is 37.9 Å². The number of aromatic nitrogens is 2. The minimum Gasteiger partial charge on any atom is -0.705 e. The Morgan fingerprint density at radius 2 is 1.67 bits per heavy atom. The van der Waals surface area contributed by atoms with E-state index in [-0.39, 0.29) is 37.6 Å². The molecule has 6 N–H and O–H groups in total. The smallest absolute Gasteiger partial charge is 0.317 e. The van der Waals surface area contributed by atoms with Crippen LogP contribution in [0.5, 0.6) is 0 Å². The Labute approximate surface area is 258 Å². The Hall–Kier alpha value is -3.04. The van der Waals surface area contributed by atoms with Crippen LogP contribution in [0.2, 0.25) is 0 Å². The number of aliphatic hydroxyl groups excluding tert-OH is 3. The molecule has 2 heterocycles. The number of carbonyl (C=O) groups excluding carboxylic acids is 2. The molecule has 0 saturated carbocycles. The molecule has 0 aliphatic rings. The number of carboxylic acids is 1. The predicted octanol–water partition coefficient (Wildman–Crippen LogP) is 0.999. The van der Waals surface area contributed by atoms with E-state index in [1.807, 2.05) is 0 Å². The number of Topliss-reactive ketones (excluding diaryl/α,β-unsaturated/α-hetero) is 1. The first-order chi connectivity index (χ1) is 19.7. The van der Waals surface area contributed by atoms with E-state index in [2.05, 4.69) is 37.7 Å². The summed E-state index contributed by atoms with van der Waals surface area (Å²) in [5.74, 6) is -0.986. The van der Waals surface area contributed by atoms with E-state index in [1.54, 1.807) is 30.6 Å². The molecule has 233 valence electrons. The topological polar surface area (TPSA) is 220 Å². The Kier molecular flexibility index (Phi) is 20.9. The number of carboxylic acid groups (broad SMARTS) is 1. The third-order valence-electron chi connectivity index (χ3n) is 6.06. The van der Waals surface area contributed by atoms with Crippen molar-refractivity contribution in [2.24, 2.45) is 5.11 Å². The second-order valence-electron chi connectivity index (χ2n) is 9.40. The van der Waals surface area contributed by atoms with Gasteiger partial charge >= 0.3 is 5.97 Å². The fourth-order valence-electron chi connectivity index (χ4n) is 3.44. The van der Waals surface area contributed by atoms with E-state index in [4.69, 9.17) is 26.0 Å². The molecular weight excluding hydrogens is 632 g/mol. The van der Waals surface area contributed by atoms with E-state index in [0.717, 1.165) is 38.8 Å². The molecule has 0 fully saturated rings. The number of aliphatic hydroxyl groups is 3. The zero-order chi connectivity index (χ0) is 30.5. The van der Waals surface area contributed by atoms with Crippen molar-refractivity contribution in [3.05, 3.63) is 59.5 Å². The molecule has 42 heavy (non-hydrogen) atoms. The van der Waals surface area contributed by atoms with Crippen LogP contribution in [0.3, 0.4) is 0 Å². The van der Waals surface area contributed by atoms with Crippen molar-refractivity contribution < 1.29 is 54.9 Å². The van der Waals surface area contributed by atoms with E-state index in [9.17, 15) is 14.4 Å². The van der Waals surface area contributed by atoms with Gasteiger partial charge < -0.3 is 41.3 Å². The number of hydrogen-bond donors (Lipinski definition) is 6. The van der Waals surface area contributed by atoms with Gasteiger partial charge in [0.1, 0.15) is 5.82 Å². The van der Waals surface area contributed by atoms with Crippen LogP contribution in [0.1, 0.15) is 52.8 Å². The van der Waals surface area contributed by atoms with Gasteiger partial charge in [-0.15, -0.1) is 0 Å². The van der Waals surface area contributed by atoms with Gasteiger partial charge in [0.15, 0.2) is 5.78 Å². The minimum atomic E-state index is -1.31. The molecule has 15 heteroatoms. The Bertz CT molecular complexity index is 1050. The molecule has 0 unspecified atom stereocenters. The summed E-state index contributed by atoms with van der Waals surface area (Å²) in [5, 5.41) is 42.5. The summed E-state index contributed by atoms with van der Waals surface area (Å²) in [7, 11) is 2.06. The Morgan fingerprint density at radius 3 is 2.21 bits per heavy atom. The van der Waals surface area contributed by atoms with E-state index in [0.29, 0.717) is 24.1 Å². The fourth-order valence-corrected chi connectivity index (χ4v) is 3.44. The van der Waals surface area contributed by atoms with Crippen LogP contribution in [0.4, 0.5) is 5.82 Å². The molecule has 2 aromatic rings. The van der Waals surface area contributed by atoms with Crippen LogP contribution in [-0.4, -0.2) is 112 Å². The van der Waals surface area contributed by atoms with Crippen LogP contribution in [0.15, 0.2) is 48.0 Å². The Balaban J connectivity index is 0.00000110. The van der Waals surface area contributed by atoms with Crippen molar-refractivity contribution in [3.63, 3.8) is 0 Å². The average molecular weight is 673 g/mol. The van der Waals surface area contributed by atoms with Crippen LogP contribution in [0.25, 0.3) is 5.53 Å². The summed E-state index contributed by atoms with van der Waals surface area (Å²) in [6.07, 6.45) is 9.01. The number of aliphatic carboxylic acids is 1. The standard InChI is InChI=1S/C21H27N6O2.C6H13NO5.Tc/c1-27(13-4-2-3-8-19(28)17-7-5-11-23-15-17)14-6-12-24-21(29)18-9-10-20(26-22)25-16-18;8-2-6(3-9,4-10)7-1-5(11)12;/h5,7,9-11,15-16H,2-4,6,8,12-14H2,1H3,(H,24,29);7-10H,1-4H2,(H,11,12);/q-1;;. The fraction of sp³-hybridized carbons (Fsp3) is 0.519. The summed E-state index contributed by atoms with van der Waals surface area (Å²) in [6, 6.07) is 6.64. The third kappa shape index (κ3) is 15.8. The predicted molar refractivity (Wildman–Crippen MR) is 151 cm³/mol. The molecule has 2 rings (SSSR count). The maximum absolute atomic E-state index is 12.0. The first kappa shape index (κ1) is 39.0. The van der Waals surface area contributed by atoms with E-state index in [1.165, 1.54) is 12.3 Å². The molecule has 14 nitrogen and oxygen atoms in total. The van der Waals surface area contributed by atoms with Gasteiger partial charge in [0.2, 0.25) is 0 Å². The molecule has 0 aliphatic carbocycles. The number of nitrogens with zero attached hydrogens (tertiary/aromatic N) is 5. The van der Waals surface area contributed by atoms with Crippen molar-refractivity contribution >= 4 is 23.5 Å². The maximum atomic E-state index is 12.0. The number of rotatable bonds is 19. The molecule has 0 bridgehead atoms. The van der Waals surface area contributed by atoms with Gasteiger partial charge in [-0.05, 0) is 63.7 Å². The van der Waals surface area contributed by atoms with Crippen LogP contribution in [0, 0.1) is 0 Å². The minimum absolute atomic E-state index is 0. The van der Waals surface area contributed by atoms with Gasteiger partial charge in [-0.25, -0.2) is 4.98 Å².